The van der Waals surface area contributed by atoms with Crippen molar-refractivity contribution in [3.05, 3.63) is 78.3 Å². The van der Waals surface area contributed by atoms with Crippen LogP contribution in [0.3, 0.4) is 0 Å². The molecule has 33 heavy (non-hydrogen) atoms. The van der Waals surface area contributed by atoms with Crippen molar-refractivity contribution in [3.8, 4) is 11.5 Å². The second kappa shape index (κ2) is 8.78. The smallest absolute Gasteiger partial charge is 0.192 e. The van der Waals surface area contributed by atoms with Crippen molar-refractivity contribution in [1.82, 2.24) is 19.7 Å². The largest absolute Gasteiger partial charge is 0.485 e. The second-order valence-corrected chi connectivity index (χ2v) is 9.21. The molecule has 1 aliphatic heterocycles. The average molecular weight is 461 g/mol. The number of nitrogens with zero attached hydrogens (tertiary/aromatic N) is 3. The lowest BCUT2D eigenvalue weighted by Gasteiger charge is -2.26. The molecule has 0 saturated carbocycles. The first kappa shape index (κ1) is 21.3. The molecule has 2 atom stereocenters. The van der Waals surface area contributed by atoms with E-state index in [1.54, 1.807) is 6.08 Å². The Morgan fingerprint density at radius 2 is 2.00 bits per heavy atom. The molecule has 2 aromatic carbocycles. The molecular formula is C25H24N4O3S. The quantitative estimate of drug-likeness (QED) is 0.234. The molecule has 0 unspecified atom stereocenters. The summed E-state index contributed by atoms with van der Waals surface area (Å²) in [4.78, 5) is 16.7. The van der Waals surface area contributed by atoms with Gasteiger partial charge in [0.1, 0.15) is 6.61 Å². The maximum absolute atomic E-state index is 13.4. The third kappa shape index (κ3) is 3.91. The van der Waals surface area contributed by atoms with Crippen LogP contribution in [-0.4, -0.2) is 37.4 Å². The minimum atomic E-state index is -0.399. The fraction of sp³-hybridized carbons (Fsp3) is 0.240. The Bertz CT molecular complexity index is 1340. The standard InChI is InChI=1S/C25H24N4O3S/c1-4-13-29-24(21-14-31-19-11-7-8-12-20(19)32-21)27-28-25(29)33-16(3)23(30)22-15(2)26-18-10-6-5-9-17(18)22/h4-12,16,21,26H,1,13-14H2,2-3H3/t16-,21-/m0/s1. The van der Waals surface area contributed by atoms with Gasteiger partial charge in [0.05, 0.1) is 5.25 Å². The van der Waals surface area contributed by atoms with Crippen LogP contribution in [0, 0.1) is 6.92 Å². The normalized spacial score (nSPS) is 16.0. The number of thioether (sulfide) groups is 1. The highest BCUT2D eigenvalue weighted by atomic mass is 32.2. The Balaban J connectivity index is 1.41. The van der Waals surface area contributed by atoms with Crippen LogP contribution in [0.5, 0.6) is 11.5 Å². The summed E-state index contributed by atoms with van der Waals surface area (Å²) in [6.07, 6.45) is 1.38. The van der Waals surface area contributed by atoms with Crippen molar-refractivity contribution in [2.75, 3.05) is 6.61 Å². The van der Waals surface area contributed by atoms with Crippen molar-refractivity contribution in [2.24, 2.45) is 0 Å². The van der Waals surface area contributed by atoms with Gasteiger partial charge in [-0.25, -0.2) is 0 Å². The molecule has 0 amide bonds. The van der Waals surface area contributed by atoms with Crippen molar-refractivity contribution < 1.29 is 14.3 Å². The lowest BCUT2D eigenvalue weighted by atomic mass is 10.1. The number of hydrogen-bond acceptors (Lipinski definition) is 6. The number of ether oxygens (including phenoxy) is 2. The summed E-state index contributed by atoms with van der Waals surface area (Å²) in [6, 6.07) is 15.4. The van der Waals surface area contributed by atoms with E-state index in [9.17, 15) is 4.79 Å². The number of benzene rings is 2. The maximum Gasteiger partial charge on any atom is 0.192 e. The number of para-hydroxylation sites is 3. The molecule has 0 fully saturated rings. The van der Waals surface area contributed by atoms with Crippen LogP contribution in [0.25, 0.3) is 10.9 Å². The van der Waals surface area contributed by atoms with Gasteiger partial charge in [-0.05, 0) is 32.0 Å². The van der Waals surface area contributed by atoms with Gasteiger partial charge >= 0.3 is 0 Å². The van der Waals surface area contributed by atoms with Crippen LogP contribution in [-0.2, 0) is 6.54 Å². The number of H-pyrrole nitrogens is 1. The topological polar surface area (TPSA) is 82.0 Å². The third-order valence-corrected chi connectivity index (χ3v) is 6.73. The van der Waals surface area contributed by atoms with E-state index in [-0.39, 0.29) is 11.0 Å². The third-order valence-electron chi connectivity index (χ3n) is 5.65. The number of allylic oxidation sites excluding steroid dienone is 1. The van der Waals surface area contributed by atoms with E-state index in [1.807, 2.05) is 66.9 Å². The number of Topliss-reactive ketones (excluding diaryl/α,β-unsaturated/α-hetero) is 1. The first-order chi connectivity index (χ1) is 16.1. The van der Waals surface area contributed by atoms with E-state index in [0.29, 0.717) is 35.6 Å². The summed E-state index contributed by atoms with van der Waals surface area (Å²) in [6.45, 7) is 8.54. The van der Waals surface area contributed by atoms with E-state index in [2.05, 4.69) is 21.8 Å². The molecule has 8 heteroatoms. The minimum Gasteiger partial charge on any atom is -0.485 e. The molecule has 0 bridgehead atoms. The second-order valence-electron chi connectivity index (χ2n) is 7.90. The van der Waals surface area contributed by atoms with Crippen LogP contribution in [0.15, 0.2) is 66.3 Å². The summed E-state index contributed by atoms with van der Waals surface area (Å²) in [5.41, 5.74) is 2.55. The first-order valence-corrected chi connectivity index (χ1v) is 11.7. The Labute approximate surface area is 195 Å². The molecule has 0 spiro atoms. The van der Waals surface area contributed by atoms with Crippen LogP contribution < -0.4 is 9.47 Å². The zero-order valence-corrected chi connectivity index (χ0v) is 19.3. The molecule has 168 valence electrons. The highest BCUT2D eigenvalue weighted by Crippen LogP contribution is 2.37. The monoisotopic (exact) mass is 460 g/mol. The van der Waals surface area contributed by atoms with Crippen molar-refractivity contribution in [2.45, 2.75) is 36.9 Å². The molecule has 1 aliphatic rings. The number of aryl methyl sites for hydroxylation is 1. The Kier molecular flexibility index (Phi) is 5.68. The van der Waals surface area contributed by atoms with Gasteiger partial charge in [0.2, 0.25) is 0 Å². The molecule has 2 aromatic heterocycles. The lowest BCUT2D eigenvalue weighted by molar-refractivity contribution is 0.0821. The summed E-state index contributed by atoms with van der Waals surface area (Å²) in [5.74, 6) is 2.09. The molecule has 7 nitrogen and oxygen atoms in total. The highest BCUT2D eigenvalue weighted by Gasteiger charge is 2.30. The van der Waals surface area contributed by atoms with E-state index in [1.165, 1.54) is 11.8 Å². The van der Waals surface area contributed by atoms with E-state index in [0.717, 1.165) is 22.2 Å². The number of hydrogen-bond donors (Lipinski definition) is 1. The summed E-state index contributed by atoms with van der Waals surface area (Å²) in [5, 5.41) is 10.0. The molecule has 5 rings (SSSR count). The molecular weight excluding hydrogens is 436 g/mol. The number of aromatic nitrogens is 4. The predicted molar refractivity (Wildman–Crippen MR) is 128 cm³/mol. The Morgan fingerprint density at radius 1 is 1.24 bits per heavy atom. The molecule has 4 aromatic rings. The zero-order chi connectivity index (χ0) is 22.9. The lowest BCUT2D eigenvalue weighted by Crippen LogP contribution is -2.25. The van der Waals surface area contributed by atoms with Gasteiger partial charge in [-0.1, -0.05) is 48.2 Å². The molecule has 0 radical (unpaired) electrons. The van der Waals surface area contributed by atoms with Crippen LogP contribution >= 0.6 is 11.8 Å². The van der Waals surface area contributed by atoms with Gasteiger partial charge in [-0.2, -0.15) is 0 Å². The van der Waals surface area contributed by atoms with Crippen molar-refractivity contribution in [1.29, 1.82) is 0 Å². The van der Waals surface area contributed by atoms with E-state index >= 15 is 0 Å². The number of carbonyl (C=O) groups is 1. The Morgan fingerprint density at radius 3 is 2.82 bits per heavy atom. The van der Waals surface area contributed by atoms with Crippen LogP contribution in [0.4, 0.5) is 0 Å². The number of nitrogens with one attached hydrogen (secondary N) is 1. The summed E-state index contributed by atoms with van der Waals surface area (Å²) >= 11 is 1.39. The van der Waals surface area contributed by atoms with Gasteiger partial charge in [0, 0.05) is 28.7 Å². The minimum absolute atomic E-state index is 0.0517. The summed E-state index contributed by atoms with van der Waals surface area (Å²) < 4.78 is 13.9. The Hall–Kier alpha value is -3.52. The number of carbonyl (C=O) groups excluding carboxylic acids is 1. The number of rotatable bonds is 7. The molecule has 3 heterocycles. The van der Waals surface area contributed by atoms with Gasteiger partial charge in [-0.3, -0.25) is 9.36 Å². The number of fused-ring (bicyclic) bond motifs is 2. The fourth-order valence-electron chi connectivity index (χ4n) is 4.08. The van der Waals surface area contributed by atoms with Gasteiger partial charge in [-0.15, -0.1) is 16.8 Å². The number of ketones is 1. The zero-order valence-electron chi connectivity index (χ0n) is 18.4. The van der Waals surface area contributed by atoms with Gasteiger partial charge in [0.25, 0.3) is 0 Å². The molecule has 0 aliphatic carbocycles. The van der Waals surface area contributed by atoms with Crippen LogP contribution in [0.1, 0.15) is 34.9 Å². The van der Waals surface area contributed by atoms with E-state index < -0.39 is 6.10 Å². The number of aromatic amines is 1. The maximum atomic E-state index is 13.4. The SMILES string of the molecule is C=CCn1c(S[C@@H](C)C(=O)c2c(C)[nH]c3ccccc23)nnc1[C@@H]1COc2ccccc2O1. The highest BCUT2D eigenvalue weighted by molar-refractivity contribution is 8.00. The first-order valence-electron chi connectivity index (χ1n) is 10.8. The van der Waals surface area contributed by atoms with Crippen molar-refractivity contribution >= 4 is 28.4 Å². The van der Waals surface area contributed by atoms with Gasteiger partial charge in [0.15, 0.2) is 34.4 Å². The van der Waals surface area contributed by atoms with Crippen molar-refractivity contribution in [3.63, 3.8) is 0 Å². The fourth-order valence-corrected chi connectivity index (χ4v) is 5.01. The average Bonchev–Trinajstić information content (AvgIpc) is 3.38. The van der Waals surface area contributed by atoms with Gasteiger partial charge < -0.3 is 14.5 Å². The molecule has 1 N–H and O–H groups in total. The molecule has 0 saturated heterocycles. The van der Waals surface area contributed by atoms with Crippen LogP contribution in [0.2, 0.25) is 0 Å². The predicted octanol–water partition coefficient (Wildman–Crippen LogP) is 5.13. The van der Waals surface area contributed by atoms with E-state index in [4.69, 9.17) is 9.47 Å². The summed E-state index contributed by atoms with van der Waals surface area (Å²) in [7, 11) is 0.